The van der Waals surface area contributed by atoms with Gasteiger partial charge in [0.25, 0.3) is 0 Å². The second-order valence-corrected chi connectivity index (χ2v) is 2.44. The third-order valence-corrected chi connectivity index (χ3v) is 1.75. The molecule has 12 heavy (non-hydrogen) atoms. The smallest absolute Gasteiger partial charge is 0.141 e. The van der Waals surface area contributed by atoms with Crippen LogP contribution >= 0.6 is 0 Å². The molecule has 0 unspecified atom stereocenters. The van der Waals surface area contributed by atoms with E-state index in [1.54, 1.807) is 6.20 Å². The summed E-state index contributed by atoms with van der Waals surface area (Å²) in [5, 5.41) is 1.39. The van der Waals surface area contributed by atoms with E-state index < -0.39 is 0 Å². The Hall–Kier alpha value is -1.75. The number of nitrogens with zero attached hydrogens (tertiary/aromatic N) is 2. The number of aliphatic imine (C=N–C) groups is 1. The summed E-state index contributed by atoms with van der Waals surface area (Å²) in [5.74, 6) is 6.37. The van der Waals surface area contributed by atoms with Gasteiger partial charge >= 0.3 is 0 Å². The molecule has 5 N–H and O–H groups in total. The quantitative estimate of drug-likeness (QED) is 0.475. The number of rotatable bonds is 0. The van der Waals surface area contributed by atoms with E-state index in [2.05, 4.69) is 9.98 Å². The summed E-state index contributed by atoms with van der Waals surface area (Å²) >= 11 is 0. The first-order valence-corrected chi connectivity index (χ1v) is 3.50. The minimum Gasteiger partial charge on any atom is -0.403 e. The van der Waals surface area contributed by atoms with Crippen molar-refractivity contribution in [2.45, 2.75) is 0 Å². The highest BCUT2D eigenvalue weighted by atomic mass is 15.4. The van der Waals surface area contributed by atoms with Crippen molar-refractivity contribution in [2.75, 3.05) is 0 Å². The lowest BCUT2D eigenvalue weighted by molar-refractivity contribution is 0.636. The van der Waals surface area contributed by atoms with Gasteiger partial charge in [-0.15, -0.1) is 0 Å². The van der Waals surface area contributed by atoms with Gasteiger partial charge in [0.2, 0.25) is 0 Å². The Labute approximate surface area is 69.3 Å². The van der Waals surface area contributed by atoms with E-state index in [1.165, 1.54) is 17.5 Å². The maximum absolute atomic E-state index is 5.59. The fraction of sp³-hybridized carbons (Fsp3) is 0. The molecular weight excluding hydrogens is 154 g/mol. The maximum atomic E-state index is 5.59. The first-order valence-electron chi connectivity index (χ1n) is 3.50. The molecule has 2 rings (SSSR count). The van der Waals surface area contributed by atoms with Crippen molar-refractivity contribution in [1.29, 1.82) is 0 Å². The molecular formula is C7H9N5. The first kappa shape index (κ1) is 6.93. The average Bonchev–Trinajstić information content (AvgIpc) is 2.52. The van der Waals surface area contributed by atoms with Crippen molar-refractivity contribution >= 4 is 17.9 Å². The summed E-state index contributed by atoms with van der Waals surface area (Å²) in [7, 11) is 0. The monoisotopic (exact) mass is 163 g/mol. The van der Waals surface area contributed by atoms with E-state index in [0.717, 1.165) is 17.1 Å². The van der Waals surface area contributed by atoms with Crippen molar-refractivity contribution in [2.24, 2.45) is 16.6 Å². The lowest BCUT2D eigenvalue weighted by Gasteiger charge is -2.19. The molecule has 1 aromatic rings. The molecule has 5 heteroatoms. The van der Waals surface area contributed by atoms with Crippen molar-refractivity contribution in [1.82, 2.24) is 9.99 Å². The van der Waals surface area contributed by atoms with Gasteiger partial charge in [0.05, 0.1) is 5.70 Å². The Morgan fingerprint density at radius 2 is 2.42 bits per heavy atom. The number of H-pyrrole nitrogens is 1. The molecule has 0 fully saturated rings. The molecule has 1 aliphatic heterocycles. The predicted molar refractivity (Wildman–Crippen MR) is 47.1 cm³/mol. The lowest BCUT2D eigenvalue weighted by Crippen LogP contribution is -2.29. The SMILES string of the molecule is N/C=C1/c2cc[nH]c2N=CN1N. The normalized spacial score (nSPS) is 18.4. The van der Waals surface area contributed by atoms with Crippen LogP contribution in [0.5, 0.6) is 0 Å². The Morgan fingerprint density at radius 3 is 3.17 bits per heavy atom. The van der Waals surface area contributed by atoms with Crippen molar-refractivity contribution in [3.8, 4) is 0 Å². The number of hydrogen-bond donors (Lipinski definition) is 3. The van der Waals surface area contributed by atoms with Crippen LogP contribution in [0.3, 0.4) is 0 Å². The Balaban J connectivity index is 2.57. The largest absolute Gasteiger partial charge is 0.403 e. The van der Waals surface area contributed by atoms with Crippen LogP contribution in [0.2, 0.25) is 0 Å². The molecule has 0 aromatic carbocycles. The molecule has 1 aliphatic rings. The van der Waals surface area contributed by atoms with E-state index in [0.29, 0.717) is 0 Å². The number of fused-ring (bicyclic) bond motifs is 1. The number of hydrogen-bond acceptors (Lipinski definition) is 4. The fourth-order valence-corrected chi connectivity index (χ4v) is 1.17. The minimum atomic E-state index is 0.751. The Bertz CT molecular complexity index is 348. The second-order valence-electron chi connectivity index (χ2n) is 2.44. The highest BCUT2D eigenvalue weighted by Crippen LogP contribution is 2.28. The fourth-order valence-electron chi connectivity index (χ4n) is 1.17. The average molecular weight is 163 g/mol. The zero-order valence-corrected chi connectivity index (χ0v) is 6.36. The second kappa shape index (κ2) is 2.38. The van der Waals surface area contributed by atoms with Gasteiger partial charge in [-0.2, -0.15) is 0 Å². The Kier molecular flexibility index (Phi) is 1.38. The standard InChI is InChI=1S/C7H9N5/c8-3-6-5-1-2-10-7(5)11-4-12(6)9/h1-4,10H,8-9H2/b6-3-. The molecule has 5 nitrogen and oxygen atoms in total. The Morgan fingerprint density at radius 1 is 1.58 bits per heavy atom. The van der Waals surface area contributed by atoms with Crippen molar-refractivity contribution in [3.63, 3.8) is 0 Å². The van der Waals surface area contributed by atoms with Crippen LogP contribution in [0, 0.1) is 0 Å². The summed E-state index contributed by atoms with van der Waals surface area (Å²) in [5.41, 5.74) is 7.08. The molecule has 0 spiro atoms. The van der Waals surface area contributed by atoms with Crippen LogP contribution < -0.4 is 11.6 Å². The van der Waals surface area contributed by atoms with Crippen LogP contribution in [0.1, 0.15) is 5.56 Å². The van der Waals surface area contributed by atoms with E-state index >= 15 is 0 Å². The molecule has 0 saturated heterocycles. The van der Waals surface area contributed by atoms with Crippen LogP contribution in [0.15, 0.2) is 23.5 Å². The molecule has 2 heterocycles. The van der Waals surface area contributed by atoms with E-state index in [1.807, 2.05) is 6.07 Å². The summed E-state index contributed by atoms with van der Waals surface area (Å²) < 4.78 is 0. The maximum Gasteiger partial charge on any atom is 0.141 e. The summed E-state index contributed by atoms with van der Waals surface area (Å²) in [6.07, 6.45) is 4.76. The molecule has 0 bridgehead atoms. The van der Waals surface area contributed by atoms with Gasteiger partial charge in [-0.3, -0.25) is 5.01 Å². The van der Waals surface area contributed by atoms with Crippen molar-refractivity contribution < 1.29 is 0 Å². The zero-order valence-electron chi connectivity index (χ0n) is 6.36. The number of nitrogens with two attached hydrogens (primary N) is 2. The van der Waals surface area contributed by atoms with Gasteiger partial charge in [0, 0.05) is 18.0 Å². The topological polar surface area (TPSA) is 83.4 Å². The molecule has 1 aromatic heterocycles. The van der Waals surface area contributed by atoms with Crippen LogP contribution in [-0.2, 0) is 0 Å². The summed E-state index contributed by atoms with van der Waals surface area (Å²) in [6, 6.07) is 1.88. The summed E-state index contributed by atoms with van der Waals surface area (Å²) in [4.78, 5) is 7.02. The highest BCUT2D eigenvalue weighted by Gasteiger charge is 2.15. The summed E-state index contributed by atoms with van der Waals surface area (Å²) in [6.45, 7) is 0. The van der Waals surface area contributed by atoms with E-state index in [4.69, 9.17) is 11.6 Å². The van der Waals surface area contributed by atoms with Gasteiger partial charge in [-0.05, 0) is 6.07 Å². The van der Waals surface area contributed by atoms with Crippen molar-refractivity contribution in [3.05, 3.63) is 24.0 Å². The van der Waals surface area contributed by atoms with Crippen LogP contribution in [0.25, 0.3) is 5.70 Å². The number of aromatic amines is 1. The van der Waals surface area contributed by atoms with E-state index in [9.17, 15) is 0 Å². The third kappa shape index (κ3) is 0.802. The predicted octanol–water partition coefficient (Wildman–Crippen LogP) is 0.121. The molecule has 0 saturated carbocycles. The van der Waals surface area contributed by atoms with Gasteiger partial charge in [0.15, 0.2) is 0 Å². The van der Waals surface area contributed by atoms with Gasteiger partial charge in [-0.25, -0.2) is 10.8 Å². The molecule has 0 aliphatic carbocycles. The minimum absolute atomic E-state index is 0.751. The molecule has 0 atom stereocenters. The highest BCUT2D eigenvalue weighted by molar-refractivity contribution is 5.85. The molecule has 0 amide bonds. The number of hydrazine groups is 1. The van der Waals surface area contributed by atoms with Gasteiger partial charge in [0.1, 0.15) is 12.2 Å². The lowest BCUT2D eigenvalue weighted by atomic mass is 10.2. The molecule has 0 radical (unpaired) electrons. The molecule has 62 valence electrons. The van der Waals surface area contributed by atoms with Crippen LogP contribution in [0.4, 0.5) is 5.82 Å². The zero-order chi connectivity index (χ0) is 8.55. The van der Waals surface area contributed by atoms with Gasteiger partial charge in [-0.1, -0.05) is 0 Å². The third-order valence-electron chi connectivity index (χ3n) is 1.75. The first-order chi connectivity index (χ1) is 5.83. The van der Waals surface area contributed by atoms with Gasteiger partial charge < -0.3 is 10.7 Å². The number of aromatic nitrogens is 1. The number of nitrogens with one attached hydrogen (secondary N) is 1. The van der Waals surface area contributed by atoms with Crippen LogP contribution in [-0.4, -0.2) is 16.3 Å². The van der Waals surface area contributed by atoms with E-state index in [-0.39, 0.29) is 0 Å².